The van der Waals surface area contributed by atoms with E-state index < -0.39 is 10.0 Å². The maximum absolute atomic E-state index is 12.2. The second kappa shape index (κ2) is 4.79. The Hall–Kier alpha value is -1.86. The predicted octanol–water partition coefficient (Wildman–Crippen LogP) is 1.08. The molecule has 0 unspecified atom stereocenters. The minimum absolute atomic E-state index is 0.000874. The number of hydrogen-bond acceptors (Lipinski definition) is 5. The molecule has 0 fully saturated rings. The summed E-state index contributed by atoms with van der Waals surface area (Å²) in [6, 6.07) is 6.37. The quantitative estimate of drug-likeness (QED) is 0.895. The fourth-order valence-corrected chi connectivity index (χ4v) is 2.70. The highest BCUT2D eigenvalue weighted by Crippen LogP contribution is 2.20. The predicted molar refractivity (Wildman–Crippen MR) is 66.0 cm³/mol. The van der Waals surface area contributed by atoms with Crippen LogP contribution < -0.4 is 5.73 Å². The van der Waals surface area contributed by atoms with Crippen LogP contribution in [-0.2, 0) is 16.6 Å². The van der Waals surface area contributed by atoms with Crippen LogP contribution in [0.25, 0.3) is 0 Å². The molecule has 96 valence electrons. The Morgan fingerprint density at radius 2 is 2.17 bits per heavy atom. The third kappa shape index (κ3) is 2.36. The SMILES string of the molecule is CN(Cc1ccco1)S(=O)(=O)c1cccnc1N. The molecule has 6 nitrogen and oxygen atoms in total. The molecule has 0 amide bonds. The van der Waals surface area contributed by atoms with Gasteiger partial charge in [-0.1, -0.05) is 0 Å². The smallest absolute Gasteiger partial charge is 0.246 e. The van der Waals surface area contributed by atoms with Gasteiger partial charge >= 0.3 is 0 Å². The van der Waals surface area contributed by atoms with Gasteiger partial charge in [-0.15, -0.1) is 0 Å². The Balaban J connectivity index is 2.29. The zero-order valence-electron chi connectivity index (χ0n) is 9.78. The lowest BCUT2D eigenvalue weighted by molar-refractivity contribution is 0.406. The Morgan fingerprint density at radius 3 is 2.78 bits per heavy atom. The zero-order valence-corrected chi connectivity index (χ0v) is 10.6. The van der Waals surface area contributed by atoms with Crippen LogP contribution in [0.4, 0.5) is 5.82 Å². The Bertz CT molecular complexity index is 623. The average Bonchev–Trinajstić information content (AvgIpc) is 2.82. The molecule has 0 atom stereocenters. The lowest BCUT2D eigenvalue weighted by Gasteiger charge is -2.16. The number of anilines is 1. The minimum atomic E-state index is -3.66. The van der Waals surface area contributed by atoms with E-state index in [1.54, 1.807) is 12.1 Å². The van der Waals surface area contributed by atoms with E-state index in [1.165, 1.54) is 35.9 Å². The van der Waals surface area contributed by atoms with Crippen molar-refractivity contribution in [2.75, 3.05) is 12.8 Å². The largest absolute Gasteiger partial charge is 0.468 e. The Kier molecular flexibility index (Phi) is 3.35. The van der Waals surface area contributed by atoms with Gasteiger partial charge in [-0.05, 0) is 24.3 Å². The van der Waals surface area contributed by atoms with E-state index in [1.807, 2.05) is 0 Å². The van der Waals surface area contributed by atoms with Crippen molar-refractivity contribution in [1.29, 1.82) is 0 Å². The lowest BCUT2D eigenvalue weighted by atomic mass is 10.4. The highest BCUT2D eigenvalue weighted by molar-refractivity contribution is 7.89. The molecule has 2 aromatic heterocycles. The lowest BCUT2D eigenvalue weighted by Crippen LogP contribution is -2.27. The van der Waals surface area contributed by atoms with E-state index in [9.17, 15) is 8.42 Å². The summed E-state index contributed by atoms with van der Waals surface area (Å²) >= 11 is 0. The number of nitrogens with zero attached hydrogens (tertiary/aromatic N) is 2. The summed E-state index contributed by atoms with van der Waals surface area (Å²) in [6.07, 6.45) is 2.94. The van der Waals surface area contributed by atoms with Crippen molar-refractivity contribution < 1.29 is 12.8 Å². The maximum Gasteiger partial charge on any atom is 0.246 e. The molecule has 0 saturated carbocycles. The molecule has 0 radical (unpaired) electrons. The van der Waals surface area contributed by atoms with Crippen molar-refractivity contribution in [3.8, 4) is 0 Å². The number of rotatable bonds is 4. The zero-order chi connectivity index (χ0) is 13.2. The van der Waals surface area contributed by atoms with Crippen molar-refractivity contribution in [3.63, 3.8) is 0 Å². The molecule has 2 rings (SSSR count). The van der Waals surface area contributed by atoms with Crippen LogP contribution in [0.2, 0.25) is 0 Å². The second-order valence-corrected chi connectivity index (χ2v) is 5.74. The monoisotopic (exact) mass is 267 g/mol. The van der Waals surface area contributed by atoms with Gasteiger partial charge in [0, 0.05) is 13.2 Å². The van der Waals surface area contributed by atoms with E-state index in [-0.39, 0.29) is 17.3 Å². The number of nitrogen functional groups attached to an aromatic ring is 1. The minimum Gasteiger partial charge on any atom is -0.468 e. The fraction of sp³-hybridized carbons (Fsp3) is 0.182. The first kappa shape index (κ1) is 12.6. The molecule has 0 saturated heterocycles. The van der Waals surface area contributed by atoms with Crippen molar-refractivity contribution in [2.24, 2.45) is 0 Å². The van der Waals surface area contributed by atoms with Gasteiger partial charge in [-0.3, -0.25) is 0 Å². The normalized spacial score (nSPS) is 11.9. The van der Waals surface area contributed by atoms with Crippen molar-refractivity contribution in [3.05, 3.63) is 42.5 Å². The molecule has 0 aliphatic heterocycles. The number of aromatic nitrogens is 1. The summed E-state index contributed by atoms with van der Waals surface area (Å²) in [5.74, 6) is 0.548. The molecule has 7 heteroatoms. The van der Waals surface area contributed by atoms with E-state index in [2.05, 4.69) is 4.98 Å². The molecule has 18 heavy (non-hydrogen) atoms. The topological polar surface area (TPSA) is 89.4 Å². The van der Waals surface area contributed by atoms with Gasteiger partial charge in [0.2, 0.25) is 10.0 Å². The van der Waals surface area contributed by atoms with Crippen LogP contribution in [0.1, 0.15) is 5.76 Å². The fourth-order valence-electron chi connectivity index (χ4n) is 1.50. The van der Waals surface area contributed by atoms with Crippen LogP contribution in [0.3, 0.4) is 0 Å². The number of pyridine rings is 1. The Morgan fingerprint density at radius 1 is 1.39 bits per heavy atom. The molecular formula is C11H13N3O3S. The van der Waals surface area contributed by atoms with Crippen molar-refractivity contribution in [2.45, 2.75) is 11.4 Å². The van der Waals surface area contributed by atoms with Crippen molar-refractivity contribution >= 4 is 15.8 Å². The Labute approximate surface area is 105 Å². The van der Waals surface area contributed by atoms with Gasteiger partial charge in [0.1, 0.15) is 16.5 Å². The number of sulfonamides is 1. The summed E-state index contributed by atoms with van der Waals surface area (Å²) in [5.41, 5.74) is 5.58. The van der Waals surface area contributed by atoms with Gasteiger partial charge in [-0.25, -0.2) is 13.4 Å². The molecule has 0 aromatic carbocycles. The molecule has 0 aliphatic rings. The first-order valence-corrected chi connectivity index (χ1v) is 6.65. The number of hydrogen-bond donors (Lipinski definition) is 1. The molecule has 0 spiro atoms. The summed E-state index contributed by atoms with van der Waals surface area (Å²) in [5, 5.41) is 0. The highest BCUT2D eigenvalue weighted by Gasteiger charge is 2.24. The van der Waals surface area contributed by atoms with E-state index in [0.29, 0.717) is 5.76 Å². The highest BCUT2D eigenvalue weighted by atomic mass is 32.2. The van der Waals surface area contributed by atoms with E-state index in [4.69, 9.17) is 10.2 Å². The third-order valence-corrected chi connectivity index (χ3v) is 4.30. The summed E-state index contributed by atoms with van der Waals surface area (Å²) in [7, 11) is -2.20. The molecule has 2 heterocycles. The average molecular weight is 267 g/mol. The summed E-state index contributed by atoms with van der Waals surface area (Å²) < 4.78 is 30.8. The van der Waals surface area contributed by atoms with Gasteiger partial charge in [0.15, 0.2) is 0 Å². The van der Waals surface area contributed by atoms with Gasteiger partial charge in [-0.2, -0.15) is 4.31 Å². The second-order valence-electron chi connectivity index (χ2n) is 3.73. The molecule has 0 bridgehead atoms. The van der Waals surface area contributed by atoms with Gasteiger partial charge < -0.3 is 10.2 Å². The van der Waals surface area contributed by atoms with Crippen LogP contribution in [0.5, 0.6) is 0 Å². The van der Waals surface area contributed by atoms with Crippen molar-refractivity contribution in [1.82, 2.24) is 9.29 Å². The molecule has 2 N–H and O–H groups in total. The molecular weight excluding hydrogens is 254 g/mol. The summed E-state index contributed by atoms with van der Waals surface area (Å²) in [6.45, 7) is 0.143. The van der Waals surface area contributed by atoms with Crippen LogP contribution >= 0.6 is 0 Å². The van der Waals surface area contributed by atoms with E-state index in [0.717, 1.165) is 0 Å². The first-order valence-electron chi connectivity index (χ1n) is 5.21. The van der Waals surface area contributed by atoms with Crippen LogP contribution in [0.15, 0.2) is 46.0 Å². The number of nitrogens with two attached hydrogens (primary N) is 1. The standard InChI is InChI=1S/C11H13N3O3S/c1-14(8-9-4-3-7-17-9)18(15,16)10-5-2-6-13-11(10)12/h2-7H,8H2,1H3,(H2,12,13). The van der Waals surface area contributed by atoms with Gasteiger partial charge in [0.25, 0.3) is 0 Å². The van der Waals surface area contributed by atoms with Crippen LogP contribution in [0, 0.1) is 0 Å². The van der Waals surface area contributed by atoms with Gasteiger partial charge in [0.05, 0.1) is 12.8 Å². The third-order valence-electron chi connectivity index (χ3n) is 2.45. The molecule has 2 aromatic rings. The summed E-state index contributed by atoms with van der Waals surface area (Å²) in [4.78, 5) is 3.77. The van der Waals surface area contributed by atoms with Crippen LogP contribution in [-0.4, -0.2) is 24.8 Å². The molecule has 0 aliphatic carbocycles. The number of furan rings is 1. The first-order chi connectivity index (χ1) is 8.51. The van der Waals surface area contributed by atoms with E-state index >= 15 is 0 Å². The maximum atomic E-state index is 12.2.